The molecule has 0 aliphatic carbocycles. The molecule has 1 aromatic heterocycles. The van der Waals surface area contributed by atoms with Crippen molar-refractivity contribution >= 4 is 11.6 Å². The molecule has 0 radical (unpaired) electrons. The van der Waals surface area contributed by atoms with Crippen LogP contribution in [0, 0.1) is 12.9 Å². The van der Waals surface area contributed by atoms with E-state index in [2.05, 4.69) is 10.3 Å². The molecule has 1 aromatic carbocycles. The lowest BCUT2D eigenvalue weighted by Crippen LogP contribution is -2.15. The normalized spacial score (nSPS) is 10.1. The van der Waals surface area contributed by atoms with E-state index < -0.39 is 11.9 Å². The molecule has 0 atom stereocenters. The van der Waals surface area contributed by atoms with Gasteiger partial charge in [-0.25, -0.2) is 4.98 Å². The standard InChI is InChI=1S/C13H11FN2O2/c1-8-7-9(17)4-5-11(8)16-13(18)10-3-2-6-15-12(10)14/h2-7,17H,1H3,(H,16,18). The molecule has 0 saturated carbocycles. The zero-order chi connectivity index (χ0) is 13.1. The van der Waals surface area contributed by atoms with Crippen molar-refractivity contribution in [2.45, 2.75) is 6.92 Å². The molecule has 92 valence electrons. The van der Waals surface area contributed by atoms with Crippen LogP contribution >= 0.6 is 0 Å². The second-order valence-electron chi connectivity index (χ2n) is 3.80. The first-order chi connectivity index (χ1) is 8.58. The fourth-order valence-corrected chi connectivity index (χ4v) is 1.53. The molecule has 0 fully saturated rings. The summed E-state index contributed by atoms with van der Waals surface area (Å²) < 4.78 is 13.3. The predicted octanol–water partition coefficient (Wildman–Crippen LogP) is 2.49. The summed E-state index contributed by atoms with van der Waals surface area (Å²) in [5, 5.41) is 11.8. The summed E-state index contributed by atoms with van der Waals surface area (Å²) in [7, 11) is 0. The Kier molecular flexibility index (Phi) is 3.23. The molecule has 5 heteroatoms. The van der Waals surface area contributed by atoms with Crippen LogP contribution in [0.3, 0.4) is 0 Å². The molecule has 2 aromatic rings. The Labute approximate surface area is 103 Å². The lowest BCUT2D eigenvalue weighted by Gasteiger charge is -2.08. The molecule has 0 bridgehead atoms. The molecule has 1 heterocycles. The number of aromatic hydroxyl groups is 1. The average Bonchev–Trinajstić information content (AvgIpc) is 2.33. The minimum Gasteiger partial charge on any atom is -0.508 e. The number of hydrogen-bond donors (Lipinski definition) is 2. The smallest absolute Gasteiger partial charge is 0.260 e. The molecule has 2 rings (SSSR count). The van der Waals surface area contributed by atoms with Crippen molar-refractivity contribution in [3.05, 3.63) is 53.6 Å². The maximum atomic E-state index is 13.3. The highest BCUT2D eigenvalue weighted by Gasteiger charge is 2.13. The van der Waals surface area contributed by atoms with Crippen LogP contribution in [0.4, 0.5) is 10.1 Å². The second kappa shape index (κ2) is 4.83. The van der Waals surface area contributed by atoms with Gasteiger partial charge in [0.25, 0.3) is 5.91 Å². The first kappa shape index (κ1) is 12.0. The molecular weight excluding hydrogens is 235 g/mol. The number of pyridine rings is 1. The number of halogens is 1. The highest BCUT2D eigenvalue weighted by atomic mass is 19.1. The van der Waals surface area contributed by atoms with Crippen molar-refractivity contribution in [3.63, 3.8) is 0 Å². The van der Waals surface area contributed by atoms with Crippen molar-refractivity contribution in [3.8, 4) is 5.75 Å². The van der Waals surface area contributed by atoms with E-state index in [1.54, 1.807) is 13.0 Å². The number of aryl methyl sites for hydroxylation is 1. The number of phenolic OH excluding ortho intramolecular Hbond substituents is 1. The van der Waals surface area contributed by atoms with Gasteiger partial charge in [-0.3, -0.25) is 4.79 Å². The van der Waals surface area contributed by atoms with E-state index in [0.29, 0.717) is 11.3 Å². The van der Waals surface area contributed by atoms with E-state index in [1.165, 1.54) is 30.5 Å². The number of nitrogens with zero attached hydrogens (tertiary/aromatic N) is 1. The van der Waals surface area contributed by atoms with E-state index in [4.69, 9.17) is 0 Å². The quantitative estimate of drug-likeness (QED) is 0.632. The number of phenols is 1. The summed E-state index contributed by atoms with van der Waals surface area (Å²) in [6.07, 6.45) is 1.28. The van der Waals surface area contributed by atoms with Crippen LogP contribution in [0.25, 0.3) is 0 Å². The van der Waals surface area contributed by atoms with Crippen LogP contribution in [0.1, 0.15) is 15.9 Å². The van der Waals surface area contributed by atoms with Gasteiger partial charge in [0.15, 0.2) is 0 Å². The summed E-state index contributed by atoms with van der Waals surface area (Å²) in [6, 6.07) is 7.35. The highest BCUT2D eigenvalue weighted by molar-refractivity contribution is 6.04. The molecule has 0 aliphatic rings. The fourth-order valence-electron chi connectivity index (χ4n) is 1.53. The molecular formula is C13H11FN2O2. The summed E-state index contributed by atoms with van der Waals surface area (Å²) in [5.41, 5.74) is 1.08. The lowest BCUT2D eigenvalue weighted by atomic mass is 10.1. The van der Waals surface area contributed by atoms with Crippen LogP contribution < -0.4 is 5.32 Å². The number of aromatic nitrogens is 1. The third-order valence-corrected chi connectivity index (χ3v) is 2.46. The van der Waals surface area contributed by atoms with Crippen molar-refractivity contribution < 1.29 is 14.3 Å². The van der Waals surface area contributed by atoms with Crippen LogP contribution in [-0.2, 0) is 0 Å². The molecule has 2 N–H and O–H groups in total. The van der Waals surface area contributed by atoms with Gasteiger partial charge in [0.2, 0.25) is 5.95 Å². The van der Waals surface area contributed by atoms with E-state index in [0.717, 1.165) is 0 Å². The van der Waals surface area contributed by atoms with E-state index in [-0.39, 0.29) is 11.3 Å². The minimum atomic E-state index is -0.813. The highest BCUT2D eigenvalue weighted by Crippen LogP contribution is 2.20. The van der Waals surface area contributed by atoms with Crippen molar-refractivity contribution in [2.75, 3.05) is 5.32 Å². The summed E-state index contributed by atoms with van der Waals surface area (Å²) in [5.74, 6) is -1.28. The van der Waals surface area contributed by atoms with Gasteiger partial charge in [-0.1, -0.05) is 0 Å². The van der Waals surface area contributed by atoms with Gasteiger partial charge in [0.1, 0.15) is 5.75 Å². The van der Waals surface area contributed by atoms with Crippen molar-refractivity contribution in [1.29, 1.82) is 0 Å². The number of anilines is 1. The van der Waals surface area contributed by atoms with Gasteiger partial charge in [-0.05, 0) is 42.8 Å². The van der Waals surface area contributed by atoms with Gasteiger partial charge in [-0.15, -0.1) is 0 Å². The molecule has 0 aliphatic heterocycles. The monoisotopic (exact) mass is 246 g/mol. The second-order valence-corrected chi connectivity index (χ2v) is 3.80. The van der Waals surface area contributed by atoms with Gasteiger partial charge in [-0.2, -0.15) is 4.39 Å². The summed E-state index contributed by atoms with van der Waals surface area (Å²) in [4.78, 5) is 15.2. The molecule has 1 amide bonds. The number of amides is 1. The zero-order valence-corrected chi connectivity index (χ0v) is 9.64. The van der Waals surface area contributed by atoms with Gasteiger partial charge >= 0.3 is 0 Å². The van der Waals surface area contributed by atoms with Crippen LogP contribution in [-0.4, -0.2) is 16.0 Å². The number of hydrogen-bond acceptors (Lipinski definition) is 3. The zero-order valence-electron chi connectivity index (χ0n) is 9.64. The molecule has 0 unspecified atom stereocenters. The molecule has 4 nitrogen and oxygen atoms in total. The van der Waals surface area contributed by atoms with Crippen LogP contribution in [0.5, 0.6) is 5.75 Å². The van der Waals surface area contributed by atoms with Crippen LogP contribution in [0.15, 0.2) is 36.5 Å². The van der Waals surface area contributed by atoms with Crippen molar-refractivity contribution in [2.24, 2.45) is 0 Å². The maximum Gasteiger partial charge on any atom is 0.260 e. The first-order valence-electron chi connectivity index (χ1n) is 5.29. The van der Waals surface area contributed by atoms with Gasteiger partial charge < -0.3 is 10.4 Å². The third kappa shape index (κ3) is 2.45. The Balaban J connectivity index is 2.24. The SMILES string of the molecule is Cc1cc(O)ccc1NC(=O)c1cccnc1F. The number of nitrogens with one attached hydrogen (secondary N) is 1. The Hall–Kier alpha value is -2.43. The molecule has 0 spiro atoms. The topological polar surface area (TPSA) is 62.2 Å². The summed E-state index contributed by atoms with van der Waals surface area (Å²) in [6.45, 7) is 1.73. The molecule has 18 heavy (non-hydrogen) atoms. The largest absolute Gasteiger partial charge is 0.508 e. The third-order valence-electron chi connectivity index (χ3n) is 2.46. The first-order valence-corrected chi connectivity index (χ1v) is 5.29. The summed E-state index contributed by atoms with van der Waals surface area (Å²) >= 11 is 0. The molecule has 0 saturated heterocycles. The lowest BCUT2D eigenvalue weighted by molar-refractivity contribution is 0.102. The number of carbonyl (C=O) groups excluding carboxylic acids is 1. The Bertz CT molecular complexity index is 599. The number of benzene rings is 1. The van der Waals surface area contributed by atoms with Gasteiger partial charge in [0, 0.05) is 11.9 Å². The van der Waals surface area contributed by atoms with Crippen LogP contribution in [0.2, 0.25) is 0 Å². The van der Waals surface area contributed by atoms with E-state index >= 15 is 0 Å². The predicted molar refractivity (Wildman–Crippen MR) is 65.0 cm³/mol. The fraction of sp³-hybridized carbons (Fsp3) is 0.0769. The van der Waals surface area contributed by atoms with E-state index in [1.807, 2.05) is 0 Å². The Morgan fingerprint density at radius 1 is 1.39 bits per heavy atom. The van der Waals surface area contributed by atoms with Gasteiger partial charge in [0.05, 0.1) is 5.56 Å². The Morgan fingerprint density at radius 2 is 2.17 bits per heavy atom. The average molecular weight is 246 g/mol. The Morgan fingerprint density at radius 3 is 2.83 bits per heavy atom. The number of rotatable bonds is 2. The van der Waals surface area contributed by atoms with Crippen molar-refractivity contribution in [1.82, 2.24) is 4.98 Å². The minimum absolute atomic E-state index is 0.109. The van der Waals surface area contributed by atoms with E-state index in [9.17, 15) is 14.3 Å². The number of carbonyl (C=O) groups is 1. The maximum absolute atomic E-state index is 13.3.